The Morgan fingerprint density at radius 2 is 1.61 bits per heavy atom. The number of ketones is 2. The Kier molecular flexibility index (Phi) is 5.47. The number of H-pyrrole nitrogens is 1. The Morgan fingerprint density at radius 3 is 2.18 bits per heavy atom. The molecule has 28 heavy (non-hydrogen) atoms. The molecule has 2 N–H and O–H groups in total. The molecule has 0 atom stereocenters. The molecule has 3 rings (SSSR count). The van der Waals surface area contributed by atoms with Crippen LogP contribution in [0, 0.1) is 6.92 Å². The Morgan fingerprint density at radius 1 is 0.964 bits per heavy atom. The van der Waals surface area contributed by atoms with E-state index < -0.39 is 5.78 Å². The molecular weight excluding hydrogens is 360 g/mol. The van der Waals surface area contributed by atoms with Crippen LogP contribution in [0.4, 0.5) is 0 Å². The Balaban J connectivity index is 2.41. The summed E-state index contributed by atoms with van der Waals surface area (Å²) in [6, 6.07) is 0. The topological polar surface area (TPSA) is 109 Å². The third kappa shape index (κ3) is 2.86. The van der Waals surface area contributed by atoms with E-state index >= 15 is 0 Å². The number of hydrogen-bond acceptors (Lipinski definition) is 6. The smallest absolute Gasteiger partial charge is 0.251 e. The molecule has 1 aliphatic carbocycles. The number of aromatic nitrogens is 2. The second kappa shape index (κ2) is 7.67. The fourth-order valence-corrected chi connectivity index (χ4v) is 3.89. The number of rotatable bonds is 6. The number of carbonyl (C=O) groups excluding carboxylic acids is 2. The fourth-order valence-electron chi connectivity index (χ4n) is 3.89. The molecule has 2 aromatic rings. The molecule has 0 aliphatic heterocycles. The standard InChI is InChI=1S/C21H24N2O5/c1-5-7-11-10(3)20(27)22-16-14(11)18(25)15-12(8-6-2)13(9-24)21(28-4)23-17(15)19(16)26/h24H,5-9H2,1-4H3,(H,22,27). The van der Waals surface area contributed by atoms with Gasteiger partial charge < -0.3 is 14.8 Å². The second-order valence-corrected chi connectivity index (χ2v) is 6.93. The van der Waals surface area contributed by atoms with E-state index in [0.29, 0.717) is 41.5 Å². The van der Waals surface area contributed by atoms with Crippen molar-refractivity contribution in [3.8, 4) is 5.88 Å². The highest BCUT2D eigenvalue weighted by atomic mass is 16.5. The molecule has 1 aliphatic rings. The maximum Gasteiger partial charge on any atom is 0.251 e. The number of hydrogen-bond donors (Lipinski definition) is 2. The summed E-state index contributed by atoms with van der Waals surface area (Å²) in [5.74, 6) is -0.711. The Labute approximate surface area is 162 Å². The minimum atomic E-state index is -0.501. The summed E-state index contributed by atoms with van der Waals surface area (Å²) in [6.07, 6.45) is 2.46. The normalized spacial score (nSPS) is 12.8. The molecule has 2 aromatic heterocycles. The quantitative estimate of drug-likeness (QED) is 0.675. The van der Waals surface area contributed by atoms with E-state index in [-0.39, 0.29) is 46.3 Å². The van der Waals surface area contributed by atoms with Crippen molar-refractivity contribution in [3.63, 3.8) is 0 Å². The number of nitrogens with zero attached hydrogens (tertiary/aromatic N) is 1. The highest BCUT2D eigenvalue weighted by Gasteiger charge is 2.38. The molecule has 0 spiro atoms. The van der Waals surface area contributed by atoms with Crippen LogP contribution in [0.1, 0.15) is 81.0 Å². The van der Waals surface area contributed by atoms with Crippen molar-refractivity contribution in [3.05, 3.63) is 55.1 Å². The number of pyridine rings is 2. The molecule has 0 bridgehead atoms. The highest BCUT2D eigenvalue weighted by Crippen LogP contribution is 2.35. The van der Waals surface area contributed by atoms with Crippen LogP contribution in [0.2, 0.25) is 0 Å². The summed E-state index contributed by atoms with van der Waals surface area (Å²) in [7, 11) is 1.40. The maximum absolute atomic E-state index is 13.5. The number of methoxy groups -OCH3 is 1. The van der Waals surface area contributed by atoms with Gasteiger partial charge in [-0.2, -0.15) is 0 Å². The van der Waals surface area contributed by atoms with Crippen LogP contribution in [0.3, 0.4) is 0 Å². The van der Waals surface area contributed by atoms with Crippen LogP contribution < -0.4 is 10.3 Å². The molecule has 0 fully saturated rings. The number of carbonyl (C=O) groups is 2. The average Bonchev–Trinajstić information content (AvgIpc) is 2.68. The van der Waals surface area contributed by atoms with Crippen molar-refractivity contribution in [1.29, 1.82) is 0 Å². The SMILES string of the molecule is CCCc1c(CO)c(OC)nc2c1C(=O)c1c([nH]c(=O)c(C)c1CCC)C2=O. The third-order valence-electron chi connectivity index (χ3n) is 5.21. The highest BCUT2D eigenvalue weighted by molar-refractivity contribution is 6.28. The van der Waals surface area contributed by atoms with Gasteiger partial charge in [0.15, 0.2) is 5.78 Å². The third-order valence-corrected chi connectivity index (χ3v) is 5.21. The summed E-state index contributed by atoms with van der Waals surface area (Å²) in [4.78, 5) is 45.9. The van der Waals surface area contributed by atoms with E-state index in [4.69, 9.17) is 4.74 Å². The minimum absolute atomic E-state index is 0.00898. The van der Waals surface area contributed by atoms with Crippen molar-refractivity contribution < 1.29 is 19.4 Å². The number of nitrogens with one attached hydrogen (secondary N) is 1. The summed E-state index contributed by atoms with van der Waals surface area (Å²) in [5.41, 5.74) is 2.12. The zero-order valence-corrected chi connectivity index (χ0v) is 16.6. The molecule has 2 heterocycles. The molecule has 7 nitrogen and oxygen atoms in total. The van der Waals surface area contributed by atoms with Crippen molar-refractivity contribution in [2.45, 2.75) is 53.1 Å². The van der Waals surface area contributed by atoms with Crippen LogP contribution in [0.15, 0.2) is 4.79 Å². The molecule has 0 saturated carbocycles. The van der Waals surface area contributed by atoms with Gasteiger partial charge in [0.25, 0.3) is 5.56 Å². The molecule has 0 unspecified atom stereocenters. The Bertz CT molecular complexity index is 1040. The van der Waals surface area contributed by atoms with Gasteiger partial charge in [-0.1, -0.05) is 26.7 Å². The van der Waals surface area contributed by atoms with Gasteiger partial charge in [0.1, 0.15) is 11.4 Å². The van der Waals surface area contributed by atoms with Gasteiger partial charge in [0.05, 0.1) is 24.8 Å². The number of aliphatic hydroxyl groups is 1. The van der Waals surface area contributed by atoms with E-state index in [9.17, 15) is 19.5 Å². The van der Waals surface area contributed by atoms with E-state index in [2.05, 4.69) is 9.97 Å². The second-order valence-electron chi connectivity index (χ2n) is 6.93. The lowest BCUT2D eigenvalue weighted by Gasteiger charge is -2.24. The van der Waals surface area contributed by atoms with E-state index in [1.165, 1.54) is 7.11 Å². The molecule has 0 saturated heterocycles. The van der Waals surface area contributed by atoms with Crippen LogP contribution >= 0.6 is 0 Å². The zero-order valence-electron chi connectivity index (χ0n) is 16.6. The van der Waals surface area contributed by atoms with Crippen LogP contribution in [0.25, 0.3) is 0 Å². The van der Waals surface area contributed by atoms with Crippen LogP contribution in [-0.2, 0) is 19.4 Å². The predicted octanol–water partition coefficient (Wildman–Crippen LogP) is 2.26. The number of fused-ring (bicyclic) bond motifs is 2. The minimum Gasteiger partial charge on any atom is -0.481 e. The van der Waals surface area contributed by atoms with Crippen molar-refractivity contribution in [2.75, 3.05) is 7.11 Å². The molecule has 0 aromatic carbocycles. The first-order valence-corrected chi connectivity index (χ1v) is 9.46. The fraction of sp³-hybridized carbons (Fsp3) is 0.429. The van der Waals surface area contributed by atoms with Gasteiger partial charge in [0.2, 0.25) is 11.7 Å². The Hall–Kier alpha value is -2.80. The van der Waals surface area contributed by atoms with Gasteiger partial charge in [-0.05, 0) is 30.9 Å². The van der Waals surface area contributed by atoms with Gasteiger partial charge in [0, 0.05) is 11.1 Å². The first-order valence-electron chi connectivity index (χ1n) is 9.46. The lowest BCUT2D eigenvalue weighted by atomic mass is 9.81. The van der Waals surface area contributed by atoms with Gasteiger partial charge in [-0.3, -0.25) is 14.4 Å². The van der Waals surface area contributed by atoms with E-state index in [0.717, 1.165) is 6.42 Å². The van der Waals surface area contributed by atoms with Gasteiger partial charge in [-0.25, -0.2) is 4.98 Å². The van der Waals surface area contributed by atoms with E-state index in [1.54, 1.807) is 6.92 Å². The van der Waals surface area contributed by atoms with Crippen molar-refractivity contribution >= 4 is 11.6 Å². The summed E-state index contributed by atoms with van der Waals surface area (Å²) >= 11 is 0. The number of aromatic amines is 1. The number of aliphatic hydroxyl groups excluding tert-OH is 1. The van der Waals surface area contributed by atoms with Crippen molar-refractivity contribution in [1.82, 2.24) is 9.97 Å². The first kappa shape index (κ1) is 19.9. The monoisotopic (exact) mass is 384 g/mol. The molecular formula is C21H24N2O5. The number of ether oxygens (including phenoxy) is 1. The van der Waals surface area contributed by atoms with Crippen LogP contribution in [-0.4, -0.2) is 33.8 Å². The molecule has 7 heteroatoms. The maximum atomic E-state index is 13.5. The zero-order chi connectivity index (χ0) is 20.6. The molecule has 0 radical (unpaired) electrons. The molecule has 148 valence electrons. The summed E-state index contributed by atoms with van der Waals surface area (Å²) < 4.78 is 5.26. The summed E-state index contributed by atoms with van der Waals surface area (Å²) in [6.45, 7) is 5.22. The average molecular weight is 384 g/mol. The van der Waals surface area contributed by atoms with Gasteiger partial charge >= 0.3 is 0 Å². The van der Waals surface area contributed by atoms with Crippen molar-refractivity contribution in [2.24, 2.45) is 0 Å². The van der Waals surface area contributed by atoms with E-state index in [1.807, 2.05) is 13.8 Å². The predicted molar refractivity (Wildman–Crippen MR) is 103 cm³/mol. The lowest BCUT2D eigenvalue weighted by Crippen LogP contribution is -2.32. The first-order chi connectivity index (χ1) is 13.4. The largest absolute Gasteiger partial charge is 0.481 e. The summed E-state index contributed by atoms with van der Waals surface area (Å²) in [5, 5.41) is 9.86. The molecule has 0 amide bonds. The lowest BCUT2D eigenvalue weighted by molar-refractivity contribution is 0.0968. The van der Waals surface area contributed by atoms with Gasteiger partial charge in [-0.15, -0.1) is 0 Å². The van der Waals surface area contributed by atoms with Crippen LogP contribution in [0.5, 0.6) is 5.88 Å².